The largest absolute Gasteiger partial charge is 0.497 e. The van der Waals surface area contributed by atoms with Gasteiger partial charge in [0, 0.05) is 24.0 Å². The van der Waals surface area contributed by atoms with E-state index in [9.17, 15) is 4.79 Å². The molecule has 1 rings (SSSR count). The van der Waals surface area contributed by atoms with Crippen molar-refractivity contribution in [1.29, 1.82) is 0 Å². The van der Waals surface area contributed by atoms with E-state index in [-0.39, 0.29) is 11.9 Å². The molecule has 0 spiro atoms. The molecule has 0 saturated heterocycles. The van der Waals surface area contributed by atoms with Gasteiger partial charge in [-0.2, -0.15) is 0 Å². The summed E-state index contributed by atoms with van der Waals surface area (Å²) in [5, 5.41) is 0. The molecule has 0 aromatic heterocycles. The maximum Gasteiger partial charge on any atom is 0.254 e. The zero-order chi connectivity index (χ0) is 14.3. The molecule has 0 heterocycles. The van der Waals surface area contributed by atoms with E-state index in [2.05, 4.69) is 13.8 Å². The fourth-order valence-electron chi connectivity index (χ4n) is 2.19. The van der Waals surface area contributed by atoms with Gasteiger partial charge in [-0.15, -0.1) is 11.6 Å². The van der Waals surface area contributed by atoms with Crippen LogP contribution in [0.25, 0.3) is 0 Å². The van der Waals surface area contributed by atoms with Crippen molar-refractivity contribution in [3.05, 3.63) is 29.8 Å². The number of methoxy groups -OCH3 is 1. The van der Waals surface area contributed by atoms with Crippen LogP contribution in [0.2, 0.25) is 0 Å². The van der Waals surface area contributed by atoms with Crippen molar-refractivity contribution in [3.8, 4) is 5.75 Å². The number of amides is 1. The van der Waals surface area contributed by atoms with Crippen molar-refractivity contribution in [3.63, 3.8) is 0 Å². The molecule has 1 aromatic carbocycles. The summed E-state index contributed by atoms with van der Waals surface area (Å²) in [6.07, 6.45) is 1.87. The van der Waals surface area contributed by atoms with Crippen LogP contribution in [0.5, 0.6) is 5.75 Å². The van der Waals surface area contributed by atoms with Crippen LogP contribution in [0.15, 0.2) is 24.3 Å². The van der Waals surface area contributed by atoms with Gasteiger partial charge in [0.15, 0.2) is 0 Å². The fraction of sp³-hybridized carbons (Fsp3) is 0.533. The molecule has 106 valence electrons. The number of hydrogen-bond acceptors (Lipinski definition) is 2. The van der Waals surface area contributed by atoms with Gasteiger partial charge >= 0.3 is 0 Å². The van der Waals surface area contributed by atoms with Crippen LogP contribution in [-0.2, 0) is 0 Å². The summed E-state index contributed by atoms with van der Waals surface area (Å²) < 4.78 is 5.16. The molecule has 1 amide bonds. The molecule has 0 N–H and O–H groups in total. The van der Waals surface area contributed by atoms with Gasteiger partial charge in [-0.1, -0.05) is 19.9 Å². The van der Waals surface area contributed by atoms with Gasteiger partial charge in [-0.05, 0) is 31.0 Å². The topological polar surface area (TPSA) is 29.5 Å². The van der Waals surface area contributed by atoms with Gasteiger partial charge in [0.25, 0.3) is 5.91 Å². The van der Waals surface area contributed by atoms with Crippen LogP contribution < -0.4 is 4.74 Å². The normalized spacial score (nSPS) is 10.6. The highest BCUT2D eigenvalue weighted by Crippen LogP contribution is 2.18. The summed E-state index contributed by atoms with van der Waals surface area (Å²) in [6, 6.07) is 7.48. The zero-order valence-corrected chi connectivity index (χ0v) is 12.6. The molecule has 0 unspecified atom stereocenters. The Bertz CT molecular complexity index is 405. The average molecular weight is 284 g/mol. The van der Waals surface area contributed by atoms with E-state index < -0.39 is 0 Å². The third-order valence-corrected chi connectivity index (χ3v) is 3.46. The highest BCUT2D eigenvalue weighted by atomic mass is 35.5. The van der Waals surface area contributed by atoms with Crippen molar-refractivity contribution < 1.29 is 9.53 Å². The van der Waals surface area contributed by atoms with E-state index in [1.54, 1.807) is 13.2 Å². The molecule has 0 radical (unpaired) electrons. The van der Waals surface area contributed by atoms with Gasteiger partial charge in [0.2, 0.25) is 0 Å². The molecule has 0 saturated carbocycles. The Morgan fingerprint density at radius 1 is 1.37 bits per heavy atom. The zero-order valence-electron chi connectivity index (χ0n) is 11.9. The number of ether oxygens (including phenoxy) is 1. The lowest BCUT2D eigenvalue weighted by molar-refractivity contribution is 0.0681. The minimum atomic E-state index is 0.0215. The summed E-state index contributed by atoms with van der Waals surface area (Å²) in [4.78, 5) is 14.4. The number of halogens is 1. The minimum Gasteiger partial charge on any atom is -0.497 e. The molecule has 19 heavy (non-hydrogen) atoms. The van der Waals surface area contributed by atoms with E-state index in [1.807, 2.05) is 23.1 Å². The molecule has 0 fully saturated rings. The van der Waals surface area contributed by atoms with Crippen LogP contribution in [0.3, 0.4) is 0 Å². The van der Waals surface area contributed by atoms with Crippen molar-refractivity contribution >= 4 is 17.5 Å². The standard InChI is InChI=1S/C15H22ClNO2/c1-4-13(5-2)17(10-9-16)15(18)12-7-6-8-14(11-12)19-3/h6-8,11,13H,4-5,9-10H2,1-3H3. The highest BCUT2D eigenvalue weighted by molar-refractivity contribution is 6.18. The summed E-state index contributed by atoms with van der Waals surface area (Å²) in [5.41, 5.74) is 0.649. The molecule has 0 atom stereocenters. The Morgan fingerprint density at radius 2 is 2.05 bits per heavy atom. The smallest absolute Gasteiger partial charge is 0.254 e. The van der Waals surface area contributed by atoms with Crippen LogP contribution in [0, 0.1) is 0 Å². The number of rotatable bonds is 7. The first-order valence-corrected chi connectivity index (χ1v) is 7.22. The lowest BCUT2D eigenvalue weighted by Crippen LogP contribution is -2.41. The van der Waals surface area contributed by atoms with E-state index in [1.165, 1.54) is 0 Å². The number of hydrogen-bond donors (Lipinski definition) is 0. The molecule has 0 bridgehead atoms. The second-order valence-electron chi connectivity index (χ2n) is 4.39. The van der Waals surface area contributed by atoms with Crippen molar-refractivity contribution in [2.45, 2.75) is 32.7 Å². The van der Waals surface area contributed by atoms with Gasteiger partial charge in [-0.25, -0.2) is 0 Å². The number of benzene rings is 1. The monoisotopic (exact) mass is 283 g/mol. The quantitative estimate of drug-likeness (QED) is 0.716. The maximum atomic E-state index is 12.6. The highest BCUT2D eigenvalue weighted by Gasteiger charge is 2.22. The third-order valence-electron chi connectivity index (χ3n) is 3.29. The molecule has 0 aliphatic heterocycles. The molecule has 3 nitrogen and oxygen atoms in total. The molecule has 1 aromatic rings. The number of alkyl halides is 1. The predicted molar refractivity (Wildman–Crippen MR) is 79.1 cm³/mol. The second kappa shape index (κ2) is 8.05. The van der Waals surface area contributed by atoms with Crippen LogP contribution in [0.4, 0.5) is 0 Å². The fourth-order valence-corrected chi connectivity index (χ4v) is 2.37. The molecular formula is C15H22ClNO2. The van der Waals surface area contributed by atoms with Crippen LogP contribution in [0.1, 0.15) is 37.0 Å². The van der Waals surface area contributed by atoms with Gasteiger partial charge < -0.3 is 9.64 Å². The Balaban J connectivity index is 2.97. The van der Waals surface area contributed by atoms with Gasteiger partial charge in [0.1, 0.15) is 5.75 Å². The van der Waals surface area contributed by atoms with Crippen LogP contribution in [-0.4, -0.2) is 36.4 Å². The average Bonchev–Trinajstić information content (AvgIpc) is 2.47. The Labute approximate surface area is 120 Å². The second-order valence-corrected chi connectivity index (χ2v) is 4.77. The summed E-state index contributed by atoms with van der Waals surface area (Å²) in [5.74, 6) is 1.17. The first-order valence-electron chi connectivity index (χ1n) is 6.68. The van der Waals surface area contributed by atoms with E-state index >= 15 is 0 Å². The van der Waals surface area contributed by atoms with Crippen molar-refractivity contribution in [2.24, 2.45) is 0 Å². The number of carbonyl (C=O) groups is 1. The SMILES string of the molecule is CCC(CC)N(CCCl)C(=O)c1cccc(OC)c1. The Kier molecular flexibility index (Phi) is 6.71. The van der Waals surface area contributed by atoms with Gasteiger partial charge in [0.05, 0.1) is 7.11 Å². The van der Waals surface area contributed by atoms with Crippen LogP contribution >= 0.6 is 11.6 Å². The minimum absolute atomic E-state index is 0.0215. The van der Waals surface area contributed by atoms with Crippen molar-refractivity contribution in [1.82, 2.24) is 4.90 Å². The first kappa shape index (κ1) is 15.8. The summed E-state index contributed by atoms with van der Waals surface area (Å²) in [6.45, 7) is 4.76. The summed E-state index contributed by atoms with van der Waals surface area (Å²) in [7, 11) is 1.60. The lowest BCUT2D eigenvalue weighted by atomic mass is 10.1. The maximum absolute atomic E-state index is 12.6. The predicted octanol–water partition coefficient (Wildman–Crippen LogP) is 3.56. The third kappa shape index (κ3) is 4.13. The molecule has 0 aliphatic rings. The van der Waals surface area contributed by atoms with E-state index in [0.29, 0.717) is 23.7 Å². The lowest BCUT2D eigenvalue weighted by Gasteiger charge is -2.30. The van der Waals surface area contributed by atoms with E-state index in [0.717, 1.165) is 12.8 Å². The van der Waals surface area contributed by atoms with Crippen molar-refractivity contribution in [2.75, 3.05) is 19.5 Å². The number of nitrogens with zero attached hydrogens (tertiary/aromatic N) is 1. The summed E-state index contributed by atoms with van der Waals surface area (Å²) >= 11 is 5.83. The Hall–Kier alpha value is -1.22. The molecule has 4 heteroatoms. The molecular weight excluding hydrogens is 262 g/mol. The number of carbonyl (C=O) groups excluding carboxylic acids is 1. The first-order chi connectivity index (χ1) is 9.17. The Morgan fingerprint density at radius 3 is 2.58 bits per heavy atom. The van der Waals surface area contributed by atoms with Gasteiger partial charge in [-0.3, -0.25) is 4.79 Å². The molecule has 0 aliphatic carbocycles. The van der Waals surface area contributed by atoms with E-state index in [4.69, 9.17) is 16.3 Å².